The SMILES string of the molecule is CCCCCCCCCC\C=C/C=C\C=C/C=C\C=C/O. The van der Waals surface area contributed by atoms with Crippen LogP contribution in [0.4, 0.5) is 0 Å². The van der Waals surface area contributed by atoms with Crippen LogP contribution >= 0.6 is 0 Å². The Bertz CT molecular complexity index is 332. The Labute approximate surface area is 131 Å². The van der Waals surface area contributed by atoms with Gasteiger partial charge < -0.3 is 5.11 Å². The molecule has 21 heavy (non-hydrogen) atoms. The van der Waals surface area contributed by atoms with Crippen molar-refractivity contribution in [3.8, 4) is 0 Å². The maximum Gasteiger partial charge on any atom is 0.0791 e. The topological polar surface area (TPSA) is 20.2 Å². The van der Waals surface area contributed by atoms with Crippen LogP contribution in [0.1, 0.15) is 64.7 Å². The monoisotopic (exact) mass is 288 g/mol. The maximum atomic E-state index is 8.41. The molecular formula is C20H32O. The molecule has 0 aromatic rings. The molecule has 118 valence electrons. The molecule has 0 aliphatic carbocycles. The first-order valence-corrected chi connectivity index (χ1v) is 8.37. The molecular weight excluding hydrogens is 256 g/mol. The zero-order chi connectivity index (χ0) is 15.4. The summed E-state index contributed by atoms with van der Waals surface area (Å²) < 4.78 is 0. The molecule has 1 N–H and O–H groups in total. The second-order valence-corrected chi connectivity index (χ2v) is 5.19. The summed E-state index contributed by atoms with van der Waals surface area (Å²) in [4.78, 5) is 0. The zero-order valence-corrected chi connectivity index (χ0v) is 13.6. The van der Waals surface area contributed by atoms with Gasteiger partial charge in [-0.1, -0.05) is 100 Å². The smallest absolute Gasteiger partial charge is 0.0791 e. The van der Waals surface area contributed by atoms with Gasteiger partial charge in [-0.2, -0.15) is 0 Å². The summed E-state index contributed by atoms with van der Waals surface area (Å²) in [5.74, 6) is 0. The number of hydrogen-bond acceptors (Lipinski definition) is 1. The van der Waals surface area contributed by atoms with Crippen LogP contribution in [0.3, 0.4) is 0 Å². The molecule has 0 saturated carbocycles. The Balaban J connectivity index is 3.36. The van der Waals surface area contributed by atoms with E-state index in [-0.39, 0.29) is 0 Å². The highest BCUT2D eigenvalue weighted by molar-refractivity contribution is 5.17. The third-order valence-electron chi connectivity index (χ3n) is 3.22. The second kappa shape index (κ2) is 18.5. The lowest BCUT2D eigenvalue weighted by molar-refractivity contribution is 0.474. The molecule has 1 nitrogen and oxygen atoms in total. The van der Waals surface area contributed by atoms with Crippen molar-refractivity contribution in [1.82, 2.24) is 0 Å². The van der Waals surface area contributed by atoms with E-state index in [0.717, 1.165) is 6.26 Å². The molecule has 1 heteroatoms. The normalized spacial score (nSPS) is 13.0. The predicted octanol–water partition coefficient (Wildman–Crippen LogP) is 6.81. The van der Waals surface area contributed by atoms with Gasteiger partial charge in [-0.15, -0.1) is 0 Å². The van der Waals surface area contributed by atoms with Crippen LogP contribution in [0.25, 0.3) is 0 Å². The van der Waals surface area contributed by atoms with Gasteiger partial charge in [-0.05, 0) is 18.9 Å². The lowest BCUT2D eigenvalue weighted by atomic mass is 10.1. The molecule has 0 fully saturated rings. The second-order valence-electron chi connectivity index (χ2n) is 5.19. The quantitative estimate of drug-likeness (QED) is 0.224. The average Bonchev–Trinajstić information content (AvgIpc) is 2.50. The molecule has 0 saturated heterocycles. The van der Waals surface area contributed by atoms with Crippen LogP contribution in [0, 0.1) is 0 Å². The molecule has 0 rings (SSSR count). The molecule has 0 bridgehead atoms. The molecule has 0 unspecified atom stereocenters. The zero-order valence-electron chi connectivity index (χ0n) is 13.6. The number of aliphatic hydroxyl groups is 1. The van der Waals surface area contributed by atoms with Crippen LogP contribution in [-0.4, -0.2) is 5.11 Å². The van der Waals surface area contributed by atoms with Crippen LogP contribution < -0.4 is 0 Å². The minimum Gasteiger partial charge on any atom is -0.516 e. The first-order chi connectivity index (χ1) is 10.4. The summed E-state index contributed by atoms with van der Waals surface area (Å²) in [6.45, 7) is 2.27. The lowest BCUT2D eigenvalue weighted by Gasteiger charge is -1.99. The molecule has 0 aliphatic heterocycles. The fourth-order valence-electron chi connectivity index (χ4n) is 2.01. The van der Waals surface area contributed by atoms with Crippen molar-refractivity contribution in [3.63, 3.8) is 0 Å². The average molecular weight is 288 g/mol. The largest absolute Gasteiger partial charge is 0.516 e. The third kappa shape index (κ3) is 18.5. The van der Waals surface area contributed by atoms with E-state index in [4.69, 9.17) is 5.11 Å². The minimum absolute atomic E-state index is 1.02. The Kier molecular flexibility index (Phi) is 17.2. The Morgan fingerprint density at radius 3 is 1.62 bits per heavy atom. The van der Waals surface area contributed by atoms with Crippen molar-refractivity contribution in [3.05, 3.63) is 60.9 Å². The van der Waals surface area contributed by atoms with Gasteiger partial charge in [0.05, 0.1) is 6.26 Å². The first kappa shape index (κ1) is 19.5. The summed E-state index contributed by atoms with van der Waals surface area (Å²) in [6.07, 6.45) is 30.8. The third-order valence-corrected chi connectivity index (χ3v) is 3.22. The molecule has 0 aliphatic rings. The van der Waals surface area contributed by atoms with Gasteiger partial charge in [-0.25, -0.2) is 0 Å². The van der Waals surface area contributed by atoms with Crippen molar-refractivity contribution >= 4 is 0 Å². The van der Waals surface area contributed by atoms with Gasteiger partial charge in [0.15, 0.2) is 0 Å². The first-order valence-electron chi connectivity index (χ1n) is 8.37. The fraction of sp³-hybridized carbons (Fsp3) is 0.500. The van der Waals surface area contributed by atoms with Crippen LogP contribution in [0.5, 0.6) is 0 Å². The number of hydrogen-bond donors (Lipinski definition) is 1. The molecule has 0 radical (unpaired) electrons. The van der Waals surface area contributed by atoms with Gasteiger partial charge >= 0.3 is 0 Å². The number of allylic oxidation sites excluding steroid dienone is 9. The van der Waals surface area contributed by atoms with Crippen molar-refractivity contribution in [1.29, 1.82) is 0 Å². The van der Waals surface area contributed by atoms with Crippen LogP contribution in [-0.2, 0) is 0 Å². The molecule has 0 amide bonds. The van der Waals surface area contributed by atoms with E-state index in [9.17, 15) is 0 Å². The summed E-state index contributed by atoms with van der Waals surface area (Å²) >= 11 is 0. The molecule has 0 aromatic carbocycles. The summed E-state index contributed by atoms with van der Waals surface area (Å²) in [5.41, 5.74) is 0. The van der Waals surface area contributed by atoms with E-state index in [1.165, 1.54) is 57.8 Å². The Hall–Kier alpha value is -1.50. The minimum atomic E-state index is 1.02. The summed E-state index contributed by atoms with van der Waals surface area (Å²) in [6, 6.07) is 0. The summed E-state index contributed by atoms with van der Waals surface area (Å²) in [7, 11) is 0. The Morgan fingerprint density at radius 2 is 1.05 bits per heavy atom. The van der Waals surface area contributed by atoms with Gasteiger partial charge in [-0.3, -0.25) is 0 Å². The number of unbranched alkanes of at least 4 members (excludes halogenated alkanes) is 8. The highest BCUT2D eigenvalue weighted by Gasteiger charge is 1.89. The lowest BCUT2D eigenvalue weighted by Crippen LogP contribution is -1.79. The predicted molar refractivity (Wildman–Crippen MR) is 95.6 cm³/mol. The van der Waals surface area contributed by atoms with E-state index < -0.39 is 0 Å². The van der Waals surface area contributed by atoms with Gasteiger partial charge in [0.1, 0.15) is 0 Å². The standard InChI is InChI=1S/C20H32O/c1-2-3-4-5-6-7-8-9-10-11-12-13-14-15-16-17-18-19-20-21/h11-21H,2-10H2,1H3/b12-11-,14-13-,16-15-,18-17-,20-19-. The summed E-state index contributed by atoms with van der Waals surface area (Å²) in [5, 5.41) is 8.41. The molecule has 0 heterocycles. The number of rotatable bonds is 13. The van der Waals surface area contributed by atoms with Crippen molar-refractivity contribution in [2.24, 2.45) is 0 Å². The van der Waals surface area contributed by atoms with Gasteiger partial charge in [0.2, 0.25) is 0 Å². The highest BCUT2D eigenvalue weighted by atomic mass is 16.2. The fourth-order valence-corrected chi connectivity index (χ4v) is 2.01. The Morgan fingerprint density at radius 1 is 0.571 bits per heavy atom. The van der Waals surface area contributed by atoms with E-state index >= 15 is 0 Å². The molecule has 0 spiro atoms. The number of aliphatic hydroxyl groups excluding tert-OH is 1. The van der Waals surface area contributed by atoms with E-state index in [1.807, 2.05) is 24.3 Å². The van der Waals surface area contributed by atoms with Crippen molar-refractivity contribution < 1.29 is 5.11 Å². The van der Waals surface area contributed by atoms with Crippen LogP contribution in [0.2, 0.25) is 0 Å². The van der Waals surface area contributed by atoms with Gasteiger partial charge in [0.25, 0.3) is 0 Å². The molecule has 0 atom stereocenters. The maximum absolute atomic E-state index is 8.41. The van der Waals surface area contributed by atoms with Crippen molar-refractivity contribution in [2.75, 3.05) is 0 Å². The van der Waals surface area contributed by atoms with E-state index in [0.29, 0.717) is 0 Å². The van der Waals surface area contributed by atoms with E-state index in [2.05, 4.69) is 25.2 Å². The van der Waals surface area contributed by atoms with E-state index in [1.54, 1.807) is 12.2 Å². The van der Waals surface area contributed by atoms with Gasteiger partial charge in [0, 0.05) is 0 Å². The molecule has 0 aromatic heterocycles. The van der Waals surface area contributed by atoms with Crippen LogP contribution in [0.15, 0.2) is 60.9 Å². The highest BCUT2D eigenvalue weighted by Crippen LogP contribution is 2.09. The van der Waals surface area contributed by atoms with Crippen molar-refractivity contribution in [2.45, 2.75) is 64.7 Å².